The molecule has 0 unspecified atom stereocenters. The van der Waals surface area contributed by atoms with Crippen LogP contribution in [-0.4, -0.2) is 29.0 Å². The first-order valence-electron chi connectivity index (χ1n) is 10.5. The van der Waals surface area contributed by atoms with Crippen molar-refractivity contribution < 1.29 is 14.3 Å². The van der Waals surface area contributed by atoms with Crippen LogP contribution in [0.1, 0.15) is 41.4 Å². The van der Waals surface area contributed by atoms with Gasteiger partial charge >= 0.3 is 5.97 Å². The fourth-order valence-corrected chi connectivity index (χ4v) is 3.68. The van der Waals surface area contributed by atoms with Gasteiger partial charge in [0.25, 0.3) is 5.91 Å². The van der Waals surface area contributed by atoms with Crippen molar-refractivity contribution >= 4 is 34.3 Å². The number of aromatic amines is 1. The Morgan fingerprint density at radius 3 is 2.78 bits per heavy atom. The highest BCUT2D eigenvalue weighted by Gasteiger charge is 2.13. The number of hydrogen-bond acceptors (Lipinski definition) is 5. The van der Waals surface area contributed by atoms with Gasteiger partial charge in [-0.05, 0) is 62.1 Å². The minimum Gasteiger partial charge on any atom is -0.464 e. The number of pyridine rings is 1. The van der Waals surface area contributed by atoms with E-state index in [0.29, 0.717) is 23.5 Å². The molecule has 3 aromatic rings. The van der Waals surface area contributed by atoms with E-state index in [1.54, 1.807) is 12.3 Å². The predicted molar refractivity (Wildman–Crippen MR) is 126 cm³/mol. The van der Waals surface area contributed by atoms with E-state index in [9.17, 15) is 9.59 Å². The zero-order chi connectivity index (χ0) is 22.7. The van der Waals surface area contributed by atoms with Crippen molar-refractivity contribution in [3.05, 3.63) is 76.6 Å². The van der Waals surface area contributed by atoms with Gasteiger partial charge < -0.3 is 20.4 Å². The molecule has 0 fully saturated rings. The van der Waals surface area contributed by atoms with Gasteiger partial charge in [-0.1, -0.05) is 23.8 Å². The van der Waals surface area contributed by atoms with E-state index in [4.69, 9.17) is 4.74 Å². The lowest BCUT2D eigenvalue weighted by Gasteiger charge is -2.14. The molecule has 1 aliphatic rings. The normalized spacial score (nSPS) is 13.3. The van der Waals surface area contributed by atoms with Crippen molar-refractivity contribution in [3.8, 4) is 0 Å². The maximum Gasteiger partial charge on any atom is 0.354 e. The van der Waals surface area contributed by atoms with Crippen LogP contribution in [-0.2, 0) is 16.1 Å². The first-order valence-corrected chi connectivity index (χ1v) is 10.5. The summed E-state index contributed by atoms with van der Waals surface area (Å²) in [5.74, 6) is -0.517. The third-order valence-electron chi connectivity index (χ3n) is 5.53. The summed E-state index contributed by atoms with van der Waals surface area (Å²) < 4.78 is 4.75. The number of amides is 1. The first kappa shape index (κ1) is 21.4. The van der Waals surface area contributed by atoms with Crippen LogP contribution >= 0.6 is 0 Å². The van der Waals surface area contributed by atoms with E-state index in [1.165, 1.54) is 12.7 Å². The number of esters is 1. The molecule has 1 aromatic carbocycles. The first-order chi connectivity index (χ1) is 15.4. The molecule has 0 atom stereocenters. The van der Waals surface area contributed by atoms with E-state index >= 15 is 0 Å². The van der Waals surface area contributed by atoms with Gasteiger partial charge in [-0.2, -0.15) is 0 Å². The molecule has 0 saturated heterocycles. The summed E-state index contributed by atoms with van der Waals surface area (Å²) in [7, 11) is 1.34. The fraction of sp³-hybridized carbons (Fsp3) is 0.240. The number of allylic oxidation sites excluding steroid dienone is 2. The second-order valence-corrected chi connectivity index (χ2v) is 7.97. The van der Waals surface area contributed by atoms with E-state index in [-0.39, 0.29) is 5.91 Å². The Morgan fingerprint density at radius 2 is 2.00 bits per heavy atom. The summed E-state index contributed by atoms with van der Waals surface area (Å²) in [5.41, 5.74) is 6.70. The minimum absolute atomic E-state index is 0.0877. The lowest BCUT2D eigenvalue weighted by molar-refractivity contribution is -0.112. The molecule has 3 N–H and O–H groups in total. The van der Waals surface area contributed by atoms with Crippen molar-refractivity contribution in [2.24, 2.45) is 0 Å². The number of fused-ring (bicyclic) bond motifs is 1. The van der Waals surface area contributed by atoms with Crippen molar-refractivity contribution in [2.45, 2.75) is 33.2 Å². The molecule has 2 heterocycles. The summed E-state index contributed by atoms with van der Waals surface area (Å²) in [4.78, 5) is 31.6. The number of nitrogens with zero attached hydrogens (tertiary/aromatic N) is 1. The second-order valence-electron chi connectivity index (χ2n) is 7.97. The SMILES string of the molecule is COC(=O)c1cc2cc(NCc3cc(NC(=O)C4=CCCC(C)=C4)ccc3C)cnc2[nH]1. The molecule has 0 radical (unpaired) electrons. The van der Waals surface area contributed by atoms with Crippen LogP contribution in [0.3, 0.4) is 0 Å². The number of nitrogens with one attached hydrogen (secondary N) is 3. The van der Waals surface area contributed by atoms with Gasteiger partial charge in [0.05, 0.1) is 19.0 Å². The van der Waals surface area contributed by atoms with Gasteiger partial charge in [0, 0.05) is 23.2 Å². The Balaban J connectivity index is 1.46. The maximum absolute atomic E-state index is 12.6. The largest absolute Gasteiger partial charge is 0.464 e. The number of carbonyl (C=O) groups excluding carboxylic acids is 2. The molecular formula is C25H26N4O3. The molecule has 7 heteroatoms. The van der Waals surface area contributed by atoms with Crippen LogP contribution in [0.25, 0.3) is 11.0 Å². The van der Waals surface area contributed by atoms with Crippen molar-refractivity contribution in [3.63, 3.8) is 0 Å². The third-order valence-corrected chi connectivity index (χ3v) is 5.53. The molecular weight excluding hydrogens is 404 g/mol. The second kappa shape index (κ2) is 9.09. The topological polar surface area (TPSA) is 96.1 Å². The Hall–Kier alpha value is -3.87. The lowest BCUT2D eigenvalue weighted by atomic mass is 10.00. The summed E-state index contributed by atoms with van der Waals surface area (Å²) in [6, 6.07) is 9.54. The Bertz CT molecular complexity index is 1250. The average Bonchev–Trinajstić information content (AvgIpc) is 3.22. The molecule has 0 saturated carbocycles. The Morgan fingerprint density at radius 1 is 1.16 bits per heavy atom. The van der Waals surface area contributed by atoms with Gasteiger partial charge in [-0.25, -0.2) is 9.78 Å². The average molecular weight is 431 g/mol. The van der Waals surface area contributed by atoms with Crippen molar-refractivity contribution in [1.82, 2.24) is 9.97 Å². The maximum atomic E-state index is 12.6. The number of methoxy groups -OCH3 is 1. The number of ether oxygens (including phenoxy) is 1. The third kappa shape index (κ3) is 4.72. The quantitative estimate of drug-likeness (QED) is 0.485. The predicted octanol–water partition coefficient (Wildman–Crippen LogP) is 4.88. The van der Waals surface area contributed by atoms with Gasteiger partial charge in [-0.15, -0.1) is 0 Å². The lowest BCUT2D eigenvalue weighted by Crippen LogP contribution is -2.15. The van der Waals surface area contributed by atoms with E-state index < -0.39 is 5.97 Å². The number of hydrogen-bond donors (Lipinski definition) is 3. The Kier molecular flexibility index (Phi) is 6.07. The van der Waals surface area contributed by atoms with E-state index in [2.05, 4.69) is 20.6 Å². The summed E-state index contributed by atoms with van der Waals surface area (Å²) in [6.45, 7) is 4.65. The summed E-state index contributed by atoms with van der Waals surface area (Å²) >= 11 is 0. The smallest absolute Gasteiger partial charge is 0.354 e. The van der Waals surface area contributed by atoms with Crippen LogP contribution in [0.5, 0.6) is 0 Å². The molecule has 2 aromatic heterocycles. The van der Waals surface area contributed by atoms with Gasteiger partial charge in [-0.3, -0.25) is 4.79 Å². The monoisotopic (exact) mass is 430 g/mol. The van der Waals surface area contributed by atoms with Crippen LogP contribution in [0.4, 0.5) is 11.4 Å². The van der Waals surface area contributed by atoms with Crippen LogP contribution in [0, 0.1) is 6.92 Å². The molecule has 1 amide bonds. The summed E-state index contributed by atoms with van der Waals surface area (Å²) in [6.07, 6.45) is 7.55. The number of benzene rings is 1. The van der Waals surface area contributed by atoms with Gasteiger partial charge in [0.2, 0.25) is 0 Å². The van der Waals surface area contributed by atoms with E-state index in [0.717, 1.165) is 40.7 Å². The zero-order valence-corrected chi connectivity index (χ0v) is 18.4. The molecule has 164 valence electrons. The highest BCUT2D eigenvalue weighted by molar-refractivity contribution is 6.06. The highest BCUT2D eigenvalue weighted by Crippen LogP contribution is 2.22. The fourth-order valence-electron chi connectivity index (χ4n) is 3.68. The van der Waals surface area contributed by atoms with Crippen molar-refractivity contribution in [1.29, 1.82) is 0 Å². The van der Waals surface area contributed by atoms with Gasteiger partial charge in [0.15, 0.2) is 0 Å². The van der Waals surface area contributed by atoms with Crippen LogP contribution < -0.4 is 10.6 Å². The van der Waals surface area contributed by atoms with Crippen molar-refractivity contribution in [2.75, 3.05) is 17.7 Å². The highest BCUT2D eigenvalue weighted by atomic mass is 16.5. The zero-order valence-electron chi connectivity index (χ0n) is 18.4. The molecule has 4 rings (SSSR count). The Labute approximate surface area is 186 Å². The molecule has 32 heavy (non-hydrogen) atoms. The molecule has 0 aliphatic heterocycles. The molecule has 0 spiro atoms. The number of anilines is 2. The molecule has 1 aliphatic carbocycles. The standard InChI is InChI=1S/C25H26N4O3/c1-15-5-4-6-17(9-15)24(30)28-20-8-7-16(2)19(11-20)13-26-21-10-18-12-22(25(31)32-3)29-23(18)27-14-21/h6-12,14,26H,4-5,13H2,1-3H3,(H,27,29)(H,28,30). The van der Waals surface area contributed by atoms with E-state index in [1.807, 2.05) is 50.3 Å². The number of aromatic nitrogens is 2. The summed E-state index contributed by atoms with van der Waals surface area (Å²) in [5, 5.41) is 7.19. The number of aryl methyl sites for hydroxylation is 1. The van der Waals surface area contributed by atoms with Crippen LogP contribution in [0.15, 0.2) is 59.8 Å². The number of H-pyrrole nitrogens is 1. The van der Waals surface area contributed by atoms with Gasteiger partial charge in [0.1, 0.15) is 11.3 Å². The molecule has 7 nitrogen and oxygen atoms in total. The van der Waals surface area contributed by atoms with Crippen LogP contribution in [0.2, 0.25) is 0 Å². The number of carbonyl (C=O) groups is 2. The number of rotatable bonds is 6. The molecule has 0 bridgehead atoms. The minimum atomic E-state index is -0.429.